The summed E-state index contributed by atoms with van der Waals surface area (Å²) in [7, 11) is 0. The molecule has 4 nitrogen and oxygen atoms in total. The van der Waals surface area contributed by atoms with E-state index in [9.17, 15) is 0 Å². The summed E-state index contributed by atoms with van der Waals surface area (Å²) >= 11 is 6.26. The Bertz CT molecular complexity index is 462. The minimum Gasteiger partial charge on any atom is -0.378 e. The van der Waals surface area contributed by atoms with Crippen LogP contribution in [0.2, 0.25) is 5.28 Å². The van der Waals surface area contributed by atoms with E-state index in [2.05, 4.69) is 49.4 Å². The molecule has 5 heteroatoms. The van der Waals surface area contributed by atoms with Gasteiger partial charge in [-0.3, -0.25) is 4.57 Å². The zero-order valence-electron chi connectivity index (χ0n) is 12.7. The number of hydrogen-bond acceptors (Lipinski definition) is 3. The molecule has 0 N–H and O–H groups in total. The molecule has 1 saturated carbocycles. The SMILES string of the molecule is CCOC1CC(n2c(Cl)nnc2C(C)(C)C)C1(C)C. The van der Waals surface area contributed by atoms with Crippen molar-refractivity contribution in [2.24, 2.45) is 5.41 Å². The van der Waals surface area contributed by atoms with E-state index in [1.165, 1.54) is 0 Å². The van der Waals surface area contributed by atoms with Gasteiger partial charge >= 0.3 is 0 Å². The highest BCUT2D eigenvalue weighted by Crippen LogP contribution is 2.52. The van der Waals surface area contributed by atoms with Crippen molar-refractivity contribution >= 4 is 11.6 Å². The summed E-state index contributed by atoms with van der Waals surface area (Å²) in [5.74, 6) is 0.950. The van der Waals surface area contributed by atoms with Crippen LogP contribution in [0.1, 0.15) is 59.8 Å². The first kappa shape index (κ1) is 14.8. The lowest BCUT2D eigenvalue weighted by molar-refractivity contribution is -0.128. The summed E-state index contributed by atoms with van der Waals surface area (Å²) in [6.07, 6.45) is 1.26. The summed E-state index contributed by atoms with van der Waals surface area (Å²) in [6.45, 7) is 13.6. The maximum absolute atomic E-state index is 6.26. The highest BCUT2D eigenvalue weighted by atomic mass is 35.5. The second kappa shape index (κ2) is 4.74. The van der Waals surface area contributed by atoms with Crippen molar-refractivity contribution in [3.05, 3.63) is 11.1 Å². The van der Waals surface area contributed by atoms with E-state index in [0.717, 1.165) is 18.9 Å². The molecule has 0 aromatic carbocycles. The van der Waals surface area contributed by atoms with Gasteiger partial charge in [0.1, 0.15) is 5.82 Å². The molecule has 19 heavy (non-hydrogen) atoms. The Morgan fingerprint density at radius 2 is 2.00 bits per heavy atom. The average Bonchev–Trinajstić information content (AvgIpc) is 2.65. The van der Waals surface area contributed by atoms with Gasteiger partial charge in [-0.05, 0) is 24.9 Å². The van der Waals surface area contributed by atoms with E-state index in [0.29, 0.717) is 11.3 Å². The molecule has 1 aromatic rings. The fraction of sp³-hybridized carbons (Fsp3) is 0.857. The molecular weight excluding hydrogens is 262 g/mol. The average molecular weight is 286 g/mol. The Morgan fingerprint density at radius 1 is 1.37 bits per heavy atom. The Morgan fingerprint density at radius 3 is 2.47 bits per heavy atom. The van der Waals surface area contributed by atoms with E-state index in [-0.39, 0.29) is 16.9 Å². The smallest absolute Gasteiger partial charge is 0.225 e. The van der Waals surface area contributed by atoms with Gasteiger partial charge in [0.15, 0.2) is 0 Å². The number of aromatic nitrogens is 3. The number of halogens is 1. The van der Waals surface area contributed by atoms with Crippen LogP contribution in [0.15, 0.2) is 0 Å². The Labute approximate surface area is 120 Å². The summed E-state index contributed by atoms with van der Waals surface area (Å²) < 4.78 is 7.88. The molecule has 1 aliphatic rings. The minimum atomic E-state index is -0.0626. The van der Waals surface area contributed by atoms with Gasteiger partial charge in [-0.1, -0.05) is 34.6 Å². The van der Waals surface area contributed by atoms with Gasteiger partial charge in [-0.15, -0.1) is 10.2 Å². The topological polar surface area (TPSA) is 39.9 Å². The van der Waals surface area contributed by atoms with Crippen molar-refractivity contribution in [2.45, 2.75) is 65.5 Å². The fourth-order valence-corrected chi connectivity index (χ4v) is 3.08. The van der Waals surface area contributed by atoms with Crippen LogP contribution in [0.4, 0.5) is 0 Å². The second-order valence-electron chi connectivity index (χ2n) is 6.93. The van der Waals surface area contributed by atoms with Gasteiger partial charge in [-0.25, -0.2) is 0 Å². The molecule has 1 aliphatic carbocycles. The number of rotatable bonds is 3. The third-order valence-electron chi connectivity index (χ3n) is 4.13. The Kier molecular flexibility index (Phi) is 3.69. The lowest BCUT2D eigenvalue weighted by atomic mass is 9.64. The molecule has 1 fully saturated rings. The molecule has 0 bridgehead atoms. The normalized spacial score (nSPS) is 26.3. The van der Waals surface area contributed by atoms with Gasteiger partial charge in [-0.2, -0.15) is 0 Å². The number of nitrogens with zero attached hydrogens (tertiary/aromatic N) is 3. The lowest BCUT2D eigenvalue weighted by Crippen LogP contribution is -2.52. The zero-order chi connectivity index (χ0) is 14.4. The first-order valence-corrected chi connectivity index (χ1v) is 7.29. The minimum absolute atomic E-state index is 0.0576. The van der Waals surface area contributed by atoms with Crippen molar-refractivity contribution in [3.8, 4) is 0 Å². The summed E-state index contributed by atoms with van der Waals surface area (Å²) in [5, 5.41) is 8.81. The van der Waals surface area contributed by atoms with Crippen LogP contribution < -0.4 is 0 Å². The van der Waals surface area contributed by atoms with Crippen LogP contribution in [0.3, 0.4) is 0 Å². The predicted molar refractivity (Wildman–Crippen MR) is 76.6 cm³/mol. The Balaban J connectivity index is 2.32. The molecule has 1 aromatic heterocycles. The fourth-order valence-electron chi connectivity index (χ4n) is 2.85. The van der Waals surface area contributed by atoms with Gasteiger partial charge in [0.05, 0.1) is 6.10 Å². The molecule has 0 amide bonds. The van der Waals surface area contributed by atoms with Crippen molar-refractivity contribution < 1.29 is 4.74 Å². The highest BCUT2D eigenvalue weighted by molar-refractivity contribution is 6.28. The van der Waals surface area contributed by atoms with Gasteiger partial charge in [0.2, 0.25) is 5.28 Å². The standard InChI is InChI=1S/C14H24ClN3O/c1-7-19-10-8-9(14(10,5)6)18-11(13(2,3)4)16-17-12(18)15/h9-10H,7-8H2,1-6H3. The van der Waals surface area contributed by atoms with E-state index in [1.54, 1.807) is 0 Å². The van der Waals surface area contributed by atoms with Crippen LogP contribution in [0, 0.1) is 5.41 Å². The highest BCUT2D eigenvalue weighted by Gasteiger charge is 2.51. The second-order valence-corrected chi connectivity index (χ2v) is 7.27. The van der Waals surface area contributed by atoms with Crippen molar-refractivity contribution in [1.82, 2.24) is 14.8 Å². The quantitative estimate of drug-likeness (QED) is 0.852. The molecule has 2 rings (SSSR count). The summed E-state index contributed by atoms with van der Waals surface area (Å²) in [6, 6.07) is 0.306. The predicted octanol–water partition coefficient (Wildman–Crippen LogP) is 3.61. The van der Waals surface area contributed by atoms with Crippen molar-refractivity contribution in [1.29, 1.82) is 0 Å². The molecule has 2 atom stereocenters. The first-order chi connectivity index (χ1) is 8.69. The van der Waals surface area contributed by atoms with Crippen LogP contribution in [0.5, 0.6) is 0 Å². The maximum Gasteiger partial charge on any atom is 0.225 e. The molecule has 0 aliphatic heterocycles. The van der Waals surface area contributed by atoms with Crippen LogP contribution in [-0.2, 0) is 10.2 Å². The van der Waals surface area contributed by atoms with E-state index in [1.807, 2.05) is 6.92 Å². The first-order valence-electron chi connectivity index (χ1n) is 6.92. The molecule has 0 radical (unpaired) electrons. The summed E-state index contributed by atoms with van der Waals surface area (Å²) in [4.78, 5) is 0. The van der Waals surface area contributed by atoms with Crippen LogP contribution >= 0.6 is 11.6 Å². The third kappa shape index (κ3) is 2.40. The van der Waals surface area contributed by atoms with Crippen molar-refractivity contribution in [2.75, 3.05) is 6.61 Å². The van der Waals surface area contributed by atoms with Crippen LogP contribution in [0.25, 0.3) is 0 Å². The number of hydrogen-bond donors (Lipinski definition) is 0. The maximum atomic E-state index is 6.26. The van der Waals surface area contributed by atoms with Gasteiger partial charge < -0.3 is 4.74 Å². The molecule has 0 saturated heterocycles. The Hall–Kier alpha value is -0.610. The monoisotopic (exact) mass is 285 g/mol. The molecule has 0 spiro atoms. The van der Waals surface area contributed by atoms with E-state index >= 15 is 0 Å². The van der Waals surface area contributed by atoms with E-state index < -0.39 is 0 Å². The zero-order valence-corrected chi connectivity index (χ0v) is 13.5. The van der Waals surface area contributed by atoms with Crippen molar-refractivity contribution in [3.63, 3.8) is 0 Å². The van der Waals surface area contributed by atoms with Crippen LogP contribution in [-0.4, -0.2) is 27.5 Å². The molecule has 1 heterocycles. The van der Waals surface area contributed by atoms with Gasteiger partial charge in [0.25, 0.3) is 0 Å². The largest absolute Gasteiger partial charge is 0.378 e. The summed E-state index contributed by atoms with van der Waals surface area (Å²) in [5.41, 5.74) is -0.00501. The van der Waals surface area contributed by atoms with E-state index in [4.69, 9.17) is 16.3 Å². The molecular formula is C14H24ClN3O. The third-order valence-corrected chi connectivity index (χ3v) is 4.39. The lowest BCUT2D eigenvalue weighted by Gasteiger charge is -2.52. The van der Waals surface area contributed by atoms with Gasteiger partial charge in [0, 0.05) is 23.5 Å². The molecule has 2 unspecified atom stereocenters. The molecule has 108 valence electrons. The number of ether oxygens (including phenoxy) is 1.